The van der Waals surface area contributed by atoms with Crippen LogP contribution < -0.4 is 5.32 Å². The van der Waals surface area contributed by atoms with E-state index in [1.54, 1.807) is 0 Å². The zero-order chi connectivity index (χ0) is 10.9. The Morgan fingerprint density at radius 2 is 2.20 bits per heavy atom. The monoisotopic (exact) mass is 211 g/mol. The van der Waals surface area contributed by atoms with Gasteiger partial charge in [-0.3, -0.25) is 4.79 Å². The lowest BCUT2D eigenvalue weighted by atomic mass is 10.0. The quantitative estimate of drug-likeness (QED) is 0.680. The largest absolute Gasteiger partial charge is 0.465 e. The number of carbonyl (C=O) groups excluding carboxylic acids is 1. The van der Waals surface area contributed by atoms with Gasteiger partial charge in [-0.25, -0.2) is 0 Å². The Morgan fingerprint density at radius 1 is 1.53 bits per heavy atom. The van der Waals surface area contributed by atoms with Gasteiger partial charge in [0, 0.05) is 6.54 Å². The molecule has 0 saturated heterocycles. The summed E-state index contributed by atoms with van der Waals surface area (Å²) in [7, 11) is 0. The van der Waals surface area contributed by atoms with Crippen molar-refractivity contribution in [1.82, 2.24) is 5.32 Å². The lowest BCUT2D eigenvalue weighted by Crippen LogP contribution is -2.39. The van der Waals surface area contributed by atoms with Gasteiger partial charge in [-0.1, -0.05) is 0 Å². The van der Waals surface area contributed by atoms with Crippen LogP contribution in [0.5, 0.6) is 0 Å². The van der Waals surface area contributed by atoms with Crippen LogP contribution in [0.1, 0.15) is 39.5 Å². The molecule has 0 aromatic heterocycles. The van der Waals surface area contributed by atoms with Crippen LogP contribution in [0.15, 0.2) is 0 Å². The van der Waals surface area contributed by atoms with Crippen LogP contribution in [-0.4, -0.2) is 25.2 Å². The minimum atomic E-state index is -0.152. The van der Waals surface area contributed by atoms with Gasteiger partial charge in [-0.2, -0.15) is 0 Å². The number of ether oxygens (including phenoxy) is 1. The Hall–Kier alpha value is -0.570. The van der Waals surface area contributed by atoms with Crippen molar-refractivity contribution in [3.63, 3.8) is 0 Å². The van der Waals surface area contributed by atoms with Gasteiger partial charge in [0.05, 0.1) is 6.61 Å². The highest BCUT2D eigenvalue weighted by atomic mass is 16.5. The maximum absolute atomic E-state index is 11.4. The lowest BCUT2D eigenvalue weighted by molar-refractivity contribution is -0.145. The van der Waals surface area contributed by atoms with E-state index in [-0.39, 0.29) is 12.0 Å². The van der Waals surface area contributed by atoms with Gasteiger partial charge in [-0.05, 0) is 50.9 Å². The van der Waals surface area contributed by atoms with Gasteiger partial charge in [-0.15, -0.1) is 0 Å². The molecule has 0 aliphatic heterocycles. The van der Waals surface area contributed by atoms with Crippen molar-refractivity contribution in [2.45, 2.75) is 45.6 Å². The fourth-order valence-electron chi connectivity index (χ4n) is 2.29. The molecule has 2 rings (SSSR count). The van der Waals surface area contributed by atoms with E-state index >= 15 is 0 Å². The van der Waals surface area contributed by atoms with Crippen LogP contribution >= 0.6 is 0 Å². The Kier molecular flexibility index (Phi) is 3.01. The maximum atomic E-state index is 11.4. The molecule has 15 heavy (non-hydrogen) atoms. The van der Waals surface area contributed by atoms with Crippen LogP contribution in [-0.2, 0) is 9.53 Å². The molecule has 0 amide bonds. The van der Waals surface area contributed by atoms with Gasteiger partial charge in [0.2, 0.25) is 0 Å². The van der Waals surface area contributed by atoms with E-state index in [2.05, 4.69) is 5.32 Å². The molecule has 2 saturated carbocycles. The summed E-state index contributed by atoms with van der Waals surface area (Å²) in [5.41, 5.74) is 0.556. The third kappa shape index (κ3) is 2.51. The number of nitrogens with one attached hydrogen (secondary N) is 1. The zero-order valence-electron chi connectivity index (χ0n) is 9.71. The molecule has 0 bridgehead atoms. The van der Waals surface area contributed by atoms with Crippen molar-refractivity contribution in [1.29, 1.82) is 0 Å². The molecule has 1 unspecified atom stereocenters. The molecule has 1 atom stereocenters. The second kappa shape index (κ2) is 4.12. The fraction of sp³-hybridized carbons (Fsp3) is 0.917. The summed E-state index contributed by atoms with van der Waals surface area (Å²) in [5.74, 6) is 0.823. The molecular formula is C12H21NO2. The third-order valence-corrected chi connectivity index (χ3v) is 3.74. The van der Waals surface area contributed by atoms with Crippen LogP contribution in [0.2, 0.25) is 0 Å². The molecule has 0 radical (unpaired) electrons. The minimum absolute atomic E-state index is 0.121. The summed E-state index contributed by atoms with van der Waals surface area (Å²) in [6.07, 6.45) is 5.49. The van der Waals surface area contributed by atoms with Gasteiger partial charge in [0.1, 0.15) is 6.04 Å². The van der Waals surface area contributed by atoms with Gasteiger partial charge in [0.15, 0.2) is 0 Å². The SMILES string of the molecule is CCOC(=O)C(C)NCC1(C2CC2)CC1. The van der Waals surface area contributed by atoms with Crippen molar-refractivity contribution in [3.8, 4) is 0 Å². The first kappa shape index (κ1) is 10.9. The second-order valence-corrected chi connectivity index (χ2v) is 4.99. The number of hydrogen-bond donors (Lipinski definition) is 1. The highest BCUT2D eigenvalue weighted by molar-refractivity contribution is 5.75. The average molecular weight is 211 g/mol. The predicted molar refractivity (Wildman–Crippen MR) is 58.5 cm³/mol. The molecule has 2 fully saturated rings. The van der Waals surface area contributed by atoms with Crippen molar-refractivity contribution in [2.24, 2.45) is 11.3 Å². The summed E-state index contributed by atoms with van der Waals surface area (Å²) in [6.45, 7) is 5.20. The Labute approximate surface area is 91.6 Å². The van der Waals surface area contributed by atoms with Crippen molar-refractivity contribution in [2.75, 3.05) is 13.2 Å². The van der Waals surface area contributed by atoms with Crippen LogP contribution in [0.4, 0.5) is 0 Å². The first-order valence-corrected chi connectivity index (χ1v) is 6.08. The van der Waals surface area contributed by atoms with Gasteiger partial charge in [0.25, 0.3) is 0 Å². The first-order chi connectivity index (χ1) is 7.18. The van der Waals surface area contributed by atoms with E-state index in [4.69, 9.17) is 4.74 Å². The molecule has 0 aromatic carbocycles. The van der Waals surface area contributed by atoms with E-state index in [1.807, 2.05) is 13.8 Å². The summed E-state index contributed by atoms with van der Waals surface area (Å²) in [5, 5.41) is 3.32. The van der Waals surface area contributed by atoms with E-state index in [0.29, 0.717) is 12.0 Å². The number of rotatable bonds is 6. The summed E-state index contributed by atoms with van der Waals surface area (Å²) < 4.78 is 4.96. The molecule has 3 nitrogen and oxygen atoms in total. The van der Waals surface area contributed by atoms with Crippen LogP contribution in [0.3, 0.4) is 0 Å². The number of hydrogen-bond acceptors (Lipinski definition) is 3. The Bertz CT molecular complexity index is 244. The first-order valence-electron chi connectivity index (χ1n) is 6.08. The molecule has 2 aliphatic carbocycles. The fourth-order valence-corrected chi connectivity index (χ4v) is 2.29. The summed E-state index contributed by atoms with van der Waals surface area (Å²) in [4.78, 5) is 11.4. The molecule has 1 N–H and O–H groups in total. The standard InChI is InChI=1S/C12H21NO2/c1-3-15-11(14)9(2)13-8-12(6-7-12)10-4-5-10/h9-10,13H,3-8H2,1-2H3. The third-order valence-electron chi connectivity index (χ3n) is 3.74. The molecule has 0 spiro atoms. The van der Waals surface area contributed by atoms with Crippen molar-refractivity contribution < 1.29 is 9.53 Å². The zero-order valence-corrected chi connectivity index (χ0v) is 9.71. The lowest BCUT2D eigenvalue weighted by Gasteiger charge is -2.18. The normalized spacial score (nSPS) is 24.7. The van der Waals surface area contributed by atoms with E-state index in [1.165, 1.54) is 25.7 Å². The summed E-state index contributed by atoms with van der Waals surface area (Å²) in [6, 6.07) is -0.152. The molecule has 0 aromatic rings. The highest BCUT2D eigenvalue weighted by Crippen LogP contribution is 2.60. The number of carbonyl (C=O) groups is 1. The average Bonchev–Trinajstić information content (AvgIpc) is 3.04. The van der Waals surface area contributed by atoms with Crippen LogP contribution in [0, 0.1) is 11.3 Å². The smallest absolute Gasteiger partial charge is 0.322 e. The second-order valence-electron chi connectivity index (χ2n) is 4.99. The Balaban J connectivity index is 1.70. The molecule has 0 heterocycles. The van der Waals surface area contributed by atoms with Gasteiger partial charge < -0.3 is 10.1 Å². The molecule has 3 heteroatoms. The maximum Gasteiger partial charge on any atom is 0.322 e. The van der Waals surface area contributed by atoms with E-state index < -0.39 is 0 Å². The Morgan fingerprint density at radius 3 is 2.67 bits per heavy atom. The summed E-state index contributed by atoms with van der Waals surface area (Å²) >= 11 is 0. The minimum Gasteiger partial charge on any atom is -0.465 e. The van der Waals surface area contributed by atoms with E-state index in [0.717, 1.165) is 12.5 Å². The number of esters is 1. The molecule has 86 valence electrons. The van der Waals surface area contributed by atoms with Crippen molar-refractivity contribution >= 4 is 5.97 Å². The van der Waals surface area contributed by atoms with Crippen molar-refractivity contribution in [3.05, 3.63) is 0 Å². The molecular weight excluding hydrogens is 190 g/mol. The highest BCUT2D eigenvalue weighted by Gasteiger charge is 2.53. The molecule has 2 aliphatic rings. The predicted octanol–water partition coefficient (Wildman–Crippen LogP) is 1.72. The van der Waals surface area contributed by atoms with Crippen LogP contribution in [0.25, 0.3) is 0 Å². The van der Waals surface area contributed by atoms with E-state index in [9.17, 15) is 4.79 Å². The topological polar surface area (TPSA) is 38.3 Å². The van der Waals surface area contributed by atoms with Gasteiger partial charge >= 0.3 is 5.97 Å².